The molecule has 1 fully saturated rings. The molecule has 1 amide bonds. The summed E-state index contributed by atoms with van der Waals surface area (Å²) in [4.78, 5) is 12.6. The van der Waals surface area contributed by atoms with Gasteiger partial charge in [0.15, 0.2) is 11.5 Å². The van der Waals surface area contributed by atoms with E-state index in [1.165, 1.54) is 42.8 Å². The Hall–Kier alpha value is -2.29. The van der Waals surface area contributed by atoms with E-state index in [0.717, 1.165) is 0 Å². The van der Waals surface area contributed by atoms with E-state index in [9.17, 15) is 13.2 Å². The SMILES string of the molecule is COc1ccc(CN([C@@H]2CCCNC2=O)S(=O)(=O)c2ccc(Cl)cc2)cc1OC. The standard InChI is InChI=1S/C20H23ClN2O5S/c1-27-18-10-5-14(12-19(18)28-2)13-23(17-4-3-11-22-20(17)24)29(25,26)16-8-6-15(21)7-9-16/h5-10,12,17H,3-4,11,13H2,1-2H3,(H,22,24)/t17-/m1/s1. The molecule has 9 heteroatoms. The molecule has 1 heterocycles. The number of sulfonamides is 1. The molecule has 0 spiro atoms. The number of rotatable bonds is 7. The molecule has 1 N–H and O–H groups in total. The van der Waals surface area contributed by atoms with E-state index in [1.54, 1.807) is 18.2 Å². The first-order valence-electron chi connectivity index (χ1n) is 9.13. The fourth-order valence-corrected chi connectivity index (χ4v) is 5.03. The van der Waals surface area contributed by atoms with Crippen LogP contribution in [0.2, 0.25) is 5.02 Å². The molecule has 7 nitrogen and oxygen atoms in total. The van der Waals surface area contributed by atoms with Gasteiger partial charge in [-0.05, 0) is 54.8 Å². The van der Waals surface area contributed by atoms with Gasteiger partial charge in [-0.1, -0.05) is 17.7 Å². The summed E-state index contributed by atoms with van der Waals surface area (Å²) in [5.74, 6) is 0.731. The molecule has 1 saturated heterocycles. The zero-order valence-corrected chi connectivity index (χ0v) is 17.8. The van der Waals surface area contributed by atoms with Crippen molar-refractivity contribution in [3.05, 3.63) is 53.1 Å². The maximum atomic E-state index is 13.4. The van der Waals surface area contributed by atoms with Gasteiger partial charge < -0.3 is 14.8 Å². The summed E-state index contributed by atoms with van der Waals surface area (Å²) in [5.41, 5.74) is 0.679. The first kappa shape index (κ1) is 21.4. The predicted molar refractivity (Wildman–Crippen MR) is 110 cm³/mol. The zero-order valence-electron chi connectivity index (χ0n) is 16.2. The first-order valence-corrected chi connectivity index (χ1v) is 10.9. The van der Waals surface area contributed by atoms with Crippen LogP contribution in [0.15, 0.2) is 47.4 Å². The highest BCUT2D eigenvalue weighted by atomic mass is 35.5. The average Bonchev–Trinajstić information content (AvgIpc) is 2.72. The van der Waals surface area contributed by atoms with Gasteiger partial charge in [0.1, 0.15) is 6.04 Å². The maximum Gasteiger partial charge on any atom is 0.244 e. The molecule has 2 aromatic rings. The number of carbonyl (C=O) groups is 1. The second kappa shape index (κ2) is 9.02. The number of halogens is 1. The van der Waals surface area contributed by atoms with Crippen molar-refractivity contribution in [1.29, 1.82) is 0 Å². The summed E-state index contributed by atoms with van der Waals surface area (Å²) in [5, 5.41) is 3.20. The quantitative estimate of drug-likeness (QED) is 0.718. The summed E-state index contributed by atoms with van der Waals surface area (Å²) in [6, 6.07) is 10.3. The van der Waals surface area contributed by atoms with Crippen molar-refractivity contribution >= 4 is 27.5 Å². The topological polar surface area (TPSA) is 84.9 Å². The second-order valence-electron chi connectivity index (χ2n) is 6.64. The maximum absolute atomic E-state index is 13.4. The Labute approximate surface area is 175 Å². The average molecular weight is 439 g/mol. The lowest BCUT2D eigenvalue weighted by Gasteiger charge is -2.32. The van der Waals surface area contributed by atoms with Crippen LogP contribution in [-0.4, -0.2) is 45.4 Å². The van der Waals surface area contributed by atoms with Gasteiger partial charge >= 0.3 is 0 Å². The minimum atomic E-state index is -3.94. The number of piperidine rings is 1. The third-order valence-electron chi connectivity index (χ3n) is 4.81. The number of benzene rings is 2. The number of methoxy groups -OCH3 is 2. The van der Waals surface area contributed by atoms with E-state index >= 15 is 0 Å². The summed E-state index contributed by atoms with van der Waals surface area (Å²) >= 11 is 5.91. The number of nitrogens with zero attached hydrogens (tertiary/aromatic N) is 1. The van der Waals surface area contributed by atoms with Crippen LogP contribution in [-0.2, 0) is 21.4 Å². The second-order valence-corrected chi connectivity index (χ2v) is 8.97. The van der Waals surface area contributed by atoms with Gasteiger partial charge in [-0.15, -0.1) is 0 Å². The molecule has 1 aliphatic rings. The molecule has 2 aromatic carbocycles. The Morgan fingerprint density at radius 3 is 2.41 bits per heavy atom. The zero-order chi connectivity index (χ0) is 21.0. The lowest BCUT2D eigenvalue weighted by Crippen LogP contribution is -2.52. The van der Waals surface area contributed by atoms with Crippen LogP contribution in [0.1, 0.15) is 18.4 Å². The fourth-order valence-electron chi connectivity index (χ4n) is 3.29. The van der Waals surface area contributed by atoms with Gasteiger partial charge in [0.05, 0.1) is 19.1 Å². The van der Waals surface area contributed by atoms with Gasteiger partial charge in [0, 0.05) is 18.1 Å². The van der Waals surface area contributed by atoms with E-state index in [1.807, 2.05) is 0 Å². The molecule has 0 radical (unpaired) electrons. The molecule has 0 saturated carbocycles. The van der Waals surface area contributed by atoms with Crippen molar-refractivity contribution < 1.29 is 22.7 Å². The van der Waals surface area contributed by atoms with Crippen molar-refractivity contribution in [1.82, 2.24) is 9.62 Å². The van der Waals surface area contributed by atoms with Gasteiger partial charge in [-0.2, -0.15) is 4.31 Å². The van der Waals surface area contributed by atoms with Gasteiger partial charge in [-0.25, -0.2) is 8.42 Å². The predicted octanol–water partition coefficient (Wildman–Crippen LogP) is 2.83. The Morgan fingerprint density at radius 2 is 1.79 bits per heavy atom. The Bertz CT molecular complexity index is 979. The van der Waals surface area contributed by atoms with Gasteiger partial charge in [0.25, 0.3) is 0 Å². The summed E-state index contributed by atoms with van der Waals surface area (Å²) < 4.78 is 38.6. The molecule has 0 aromatic heterocycles. The molecule has 1 aliphatic heterocycles. The van der Waals surface area contributed by atoms with E-state index < -0.39 is 16.1 Å². The van der Waals surface area contributed by atoms with Crippen LogP contribution >= 0.6 is 11.6 Å². The smallest absolute Gasteiger partial charge is 0.244 e. The Kier molecular flexibility index (Phi) is 6.66. The van der Waals surface area contributed by atoms with Crippen LogP contribution in [0.4, 0.5) is 0 Å². The molecule has 1 atom stereocenters. The number of ether oxygens (including phenoxy) is 2. The van der Waals surface area contributed by atoms with Gasteiger partial charge in [-0.3, -0.25) is 4.79 Å². The highest BCUT2D eigenvalue weighted by Crippen LogP contribution is 2.30. The van der Waals surface area contributed by atoms with Crippen LogP contribution in [0, 0.1) is 0 Å². The van der Waals surface area contributed by atoms with Crippen molar-refractivity contribution in [2.75, 3.05) is 20.8 Å². The largest absolute Gasteiger partial charge is 0.493 e. The Balaban J connectivity index is 2.01. The van der Waals surface area contributed by atoms with Crippen molar-refractivity contribution in [3.63, 3.8) is 0 Å². The van der Waals surface area contributed by atoms with Crippen LogP contribution in [0.25, 0.3) is 0 Å². The summed E-state index contributed by atoms with van der Waals surface area (Å²) in [6.45, 7) is 0.559. The third kappa shape index (κ3) is 4.66. The van der Waals surface area contributed by atoms with E-state index in [4.69, 9.17) is 21.1 Å². The molecule has 156 valence electrons. The Morgan fingerprint density at radius 1 is 1.10 bits per heavy atom. The lowest BCUT2D eigenvalue weighted by atomic mass is 10.1. The highest BCUT2D eigenvalue weighted by molar-refractivity contribution is 7.89. The minimum Gasteiger partial charge on any atom is -0.493 e. The highest BCUT2D eigenvalue weighted by Gasteiger charge is 2.37. The van der Waals surface area contributed by atoms with Crippen LogP contribution in [0.3, 0.4) is 0 Å². The molecule has 29 heavy (non-hydrogen) atoms. The van der Waals surface area contributed by atoms with Crippen LogP contribution in [0.5, 0.6) is 11.5 Å². The fraction of sp³-hybridized carbons (Fsp3) is 0.350. The molecule has 3 rings (SSSR count). The molecule has 0 bridgehead atoms. The summed E-state index contributed by atoms with van der Waals surface area (Å²) in [6.07, 6.45) is 1.15. The molecular formula is C20H23ClN2O5S. The number of hydrogen-bond acceptors (Lipinski definition) is 5. The van der Waals surface area contributed by atoms with Crippen molar-refractivity contribution in [2.24, 2.45) is 0 Å². The molecular weight excluding hydrogens is 416 g/mol. The number of carbonyl (C=O) groups excluding carboxylic acids is 1. The van der Waals surface area contributed by atoms with E-state index in [0.29, 0.717) is 41.5 Å². The molecule has 0 unspecified atom stereocenters. The number of amides is 1. The third-order valence-corrected chi connectivity index (χ3v) is 6.93. The van der Waals surface area contributed by atoms with E-state index in [-0.39, 0.29) is 17.3 Å². The van der Waals surface area contributed by atoms with Gasteiger partial charge in [0.2, 0.25) is 15.9 Å². The first-order chi connectivity index (χ1) is 13.9. The van der Waals surface area contributed by atoms with Crippen molar-refractivity contribution in [3.8, 4) is 11.5 Å². The monoisotopic (exact) mass is 438 g/mol. The van der Waals surface area contributed by atoms with E-state index in [2.05, 4.69) is 5.32 Å². The van der Waals surface area contributed by atoms with Crippen molar-refractivity contribution in [2.45, 2.75) is 30.3 Å². The van der Waals surface area contributed by atoms with Crippen LogP contribution < -0.4 is 14.8 Å². The molecule has 0 aliphatic carbocycles. The minimum absolute atomic E-state index is 0.0173. The summed E-state index contributed by atoms with van der Waals surface area (Å²) in [7, 11) is -0.901. The lowest BCUT2D eigenvalue weighted by molar-refractivity contribution is -0.126. The number of nitrogens with one attached hydrogen (secondary N) is 1. The normalized spacial score (nSPS) is 17.1. The number of hydrogen-bond donors (Lipinski definition) is 1.